The Bertz CT molecular complexity index is 800. The highest BCUT2D eigenvalue weighted by Crippen LogP contribution is 2.29. The highest BCUT2D eigenvalue weighted by molar-refractivity contribution is 5.97. The molecule has 0 aromatic heterocycles. The summed E-state index contributed by atoms with van der Waals surface area (Å²) in [6.07, 6.45) is 23.7. The molecule has 0 aromatic carbocycles. The number of aliphatic imine (C=N–C) groups is 1. The van der Waals surface area contributed by atoms with Gasteiger partial charge in [-0.15, -0.1) is 13.2 Å². The number of carbonyl (C=O) groups is 1. The molecule has 0 amide bonds. The van der Waals surface area contributed by atoms with Crippen LogP contribution < -0.4 is 0 Å². The zero-order chi connectivity index (χ0) is 31.0. The lowest BCUT2D eigenvalue weighted by atomic mass is 9.83. The van der Waals surface area contributed by atoms with Crippen molar-refractivity contribution >= 4 is 12.2 Å². The summed E-state index contributed by atoms with van der Waals surface area (Å²) in [5.41, 5.74) is 1.78. The van der Waals surface area contributed by atoms with Crippen LogP contribution in [0, 0.1) is 5.92 Å². The average molecular weight is 544 g/mol. The van der Waals surface area contributed by atoms with Crippen molar-refractivity contribution in [2.75, 3.05) is 19.8 Å². The summed E-state index contributed by atoms with van der Waals surface area (Å²) in [4.78, 5) is 13.1. The van der Waals surface area contributed by atoms with Crippen LogP contribution in [0.3, 0.4) is 0 Å². The summed E-state index contributed by atoms with van der Waals surface area (Å²) >= 11 is 0. The molecule has 5 nitrogen and oxygen atoms in total. The van der Waals surface area contributed by atoms with Crippen molar-refractivity contribution in [1.29, 1.82) is 0 Å². The Morgan fingerprint density at radius 1 is 1.13 bits per heavy atom. The van der Waals surface area contributed by atoms with Gasteiger partial charge in [-0.25, -0.2) is 0 Å². The highest BCUT2D eigenvalue weighted by Gasteiger charge is 2.29. The zero-order valence-corrected chi connectivity index (χ0v) is 26.3. The Balaban J connectivity index is -0.000000536. The summed E-state index contributed by atoms with van der Waals surface area (Å²) in [7, 11) is 0. The Morgan fingerprint density at radius 3 is 2.21 bits per heavy atom. The number of nitrogens with zero attached hydrogens (tertiary/aromatic N) is 1. The second-order valence-corrected chi connectivity index (χ2v) is 7.82. The van der Waals surface area contributed by atoms with Gasteiger partial charge in [0.1, 0.15) is 12.4 Å². The van der Waals surface area contributed by atoms with Crippen molar-refractivity contribution in [2.24, 2.45) is 10.9 Å². The SMILES string of the molecule is C=C/C=C(\C=C\COC/C=C(/C)C/C=C\C)OCC1=N[C@@](C)(C=C)C(C=C)C=C1.CC.CC.CCC.O=CO. The predicted octanol–water partition coefficient (Wildman–Crippen LogP) is 9.49. The number of hydrogen-bond acceptors (Lipinski definition) is 4. The quantitative estimate of drug-likeness (QED) is 0.0825. The Labute approximate surface area is 240 Å². The molecular formula is C34H57NO4. The van der Waals surface area contributed by atoms with E-state index in [-0.39, 0.29) is 17.9 Å². The number of dihydropyridines is 1. The van der Waals surface area contributed by atoms with E-state index in [1.54, 1.807) is 6.08 Å². The van der Waals surface area contributed by atoms with Crippen LogP contribution in [0.1, 0.15) is 75.2 Å². The summed E-state index contributed by atoms with van der Waals surface area (Å²) in [5, 5.41) is 6.89. The molecule has 1 aliphatic heterocycles. The number of ether oxygens (including phenoxy) is 2. The summed E-state index contributed by atoms with van der Waals surface area (Å²) in [5.74, 6) is 0.852. The van der Waals surface area contributed by atoms with E-state index < -0.39 is 0 Å². The van der Waals surface area contributed by atoms with Crippen molar-refractivity contribution in [1.82, 2.24) is 0 Å². The van der Waals surface area contributed by atoms with Crippen molar-refractivity contribution < 1.29 is 19.4 Å². The van der Waals surface area contributed by atoms with Gasteiger partial charge in [-0.2, -0.15) is 0 Å². The zero-order valence-electron chi connectivity index (χ0n) is 26.3. The molecule has 5 heteroatoms. The molecular weight excluding hydrogens is 486 g/mol. The fraction of sp³-hybridized carbons (Fsp3) is 0.471. The maximum atomic E-state index is 8.36. The van der Waals surface area contributed by atoms with Crippen LogP contribution in [0.2, 0.25) is 0 Å². The second-order valence-electron chi connectivity index (χ2n) is 7.82. The minimum absolute atomic E-state index is 0.139. The lowest BCUT2D eigenvalue weighted by Gasteiger charge is -2.31. The van der Waals surface area contributed by atoms with Gasteiger partial charge in [-0.3, -0.25) is 9.79 Å². The molecule has 0 spiro atoms. The fourth-order valence-electron chi connectivity index (χ4n) is 2.72. The van der Waals surface area contributed by atoms with Crippen LogP contribution in [0.25, 0.3) is 0 Å². The van der Waals surface area contributed by atoms with Crippen LogP contribution in [-0.2, 0) is 14.3 Å². The number of rotatable bonds is 13. The van der Waals surface area contributed by atoms with Crippen molar-refractivity contribution in [2.45, 2.75) is 80.7 Å². The molecule has 1 unspecified atom stereocenters. The van der Waals surface area contributed by atoms with Gasteiger partial charge < -0.3 is 14.6 Å². The highest BCUT2D eigenvalue weighted by atomic mass is 16.5. The molecule has 0 bridgehead atoms. The van der Waals surface area contributed by atoms with E-state index in [2.05, 4.69) is 64.8 Å². The molecule has 0 fully saturated rings. The fourth-order valence-corrected chi connectivity index (χ4v) is 2.72. The van der Waals surface area contributed by atoms with E-state index in [0.29, 0.717) is 25.6 Å². The van der Waals surface area contributed by atoms with Crippen LogP contribution in [-0.4, -0.2) is 42.7 Å². The van der Waals surface area contributed by atoms with E-state index in [1.807, 2.05) is 78.0 Å². The largest absolute Gasteiger partial charge is 0.487 e. The first-order valence-electron chi connectivity index (χ1n) is 13.9. The Kier molecular flexibility index (Phi) is 36.1. The lowest BCUT2D eigenvalue weighted by molar-refractivity contribution is -0.122. The maximum Gasteiger partial charge on any atom is 0.290 e. The molecule has 1 rings (SSSR count). The third kappa shape index (κ3) is 24.9. The first-order valence-corrected chi connectivity index (χ1v) is 13.9. The molecule has 0 radical (unpaired) electrons. The first-order chi connectivity index (χ1) is 18.8. The van der Waals surface area contributed by atoms with Gasteiger partial charge in [0.25, 0.3) is 6.47 Å². The predicted molar refractivity (Wildman–Crippen MR) is 174 cm³/mol. The van der Waals surface area contributed by atoms with Gasteiger partial charge in [0.15, 0.2) is 0 Å². The monoisotopic (exact) mass is 543 g/mol. The topological polar surface area (TPSA) is 68.1 Å². The van der Waals surface area contributed by atoms with Gasteiger partial charge in [-0.05, 0) is 45.4 Å². The molecule has 2 atom stereocenters. The molecule has 0 saturated heterocycles. The molecule has 39 heavy (non-hydrogen) atoms. The molecule has 222 valence electrons. The van der Waals surface area contributed by atoms with E-state index in [9.17, 15) is 0 Å². The van der Waals surface area contributed by atoms with Crippen molar-refractivity contribution in [3.05, 3.63) is 97.9 Å². The standard InChI is InChI=1S/C26H35NO2.C3H8.2C2H6.CH2O2/c1-7-11-14-22(5)18-20-28-19-12-15-25(13-8-2)29-21-24-17-16-23(9-3)26(6,10-4)27-24;1-3-2;2*1-2;2-1-3/h7-13,15-18,23H,2-4,14,19-21H2,1,5-6H3;3H2,1-2H3;2*1-2H3;1H,(H,2,3)/b11-7-,15-12+,22-18-,25-13+;;;;/t23?,26-;;;;/m0..../s1. The average Bonchev–Trinajstić information content (AvgIpc) is 2.95. The van der Waals surface area contributed by atoms with E-state index in [4.69, 9.17) is 24.4 Å². The van der Waals surface area contributed by atoms with Crippen LogP contribution >= 0.6 is 0 Å². The minimum atomic E-state index is -0.389. The van der Waals surface area contributed by atoms with Crippen LogP contribution in [0.15, 0.2) is 103 Å². The van der Waals surface area contributed by atoms with Crippen LogP contribution in [0.4, 0.5) is 0 Å². The smallest absolute Gasteiger partial charge is 0.290 e. The first kappa shape index (κ1) is 42.9. The molecule has 0 aromatic rings. The molecule has 1 heterocycles. The molecule has 1 aliphatic rings. The van der Waals surface area contributed by atoms with Crippen molar-refractivity contribution in [3.8, 4) is 0 Å². The molecule has 0 aliphatic carbocycles. The lowest BCUT2D eigenvalue weighted by Crippen LogP contribution is -2.32. The normalized spacial score (nSPS) is 18.0. The van der Waals surface area contributed by atoms with Gasteiger partial charge in [0, 0.05) is 5.92 Å². The van der Waals surface area contributed by atoms with Gasteiger partial charge in [-0.1, -0.05) is 109 Å². The Morgan fingerprint density at radius 2 is 1.72 bits per heavy atom. The van der Waals surface area contributed by atoms with E-state index in [0.717, 1.165) is 12.1 Å². The summed E-state index contributed by atoms with van der Waals surface area (Å²) in [6.45, 7) is 31.2. The molecule has 1 N–H and O–H groups in total. The second kappa shape index (κ2) is 32.8. The van der Waals surface area contributed by atoms with Gasteiger partial charge in [0.2, 0.25) is 0 Å². The number of allylic oxidation sites excluding steroid dienone is 6. The van der Waals surface area contributed by atoms with Crippen LogP contribution in [0.5, 0.6) is 0 Å². The van der Waals surface area contributed by atoms with Gasteiger partial charge in [0.05, 0.1) is 24.5 Å². The van der Waals surface area contributed by atoms with Gasteiger partial charge >= 0.3 is 0 Å². The third-order valence-corrected chi connectivity index (χ3v) is 4.61. The van der Waals surface area contributed by atoms with E-state index >= 15 is 0 Å². The number of carboxylic acid groups (broad SMARTS) is 1. The minimum Gasteiger partial charge on any atom is -0.487 e. The van der Waals surface area contributed by atoms with Crippen molar-refractivity contribution in [3.63, 3.8) is 0 Å². The summed E-state index contributed by atoms with van der Waals surface area (Å²) < 4.78 is 11.5. The number of hydrogen-bond donors (Lipinski definition) is 1. The molecule has 0 saturated carbocycles. The summed E-state index contributed by atoms with van der Waals surface area (Å²) in [6, 6.07) is 0. The van der Waals surface area contributed by atoms with E-state index in [1.165, 1.54) is 12.0 Å². The third-order valence-electron chi connectivity index (χ3n) is 4.61. The maximum absolute atomic E-state index is 8.36. The Hall–Kier alpha value is -3.18.